The molecule has 1 amide bonds. The molecule has 20 heavy (non-hydrogen) atoms. The zero-order valence-corrected chi connectivity index (χ0v) is 11.1. The fourth-order valence-electron chi connectivity index (χ4n) is 2.37. The molecule has 3 rings (SSSR count). The first-order chi connectivity index (χ1) is 9.83. The van der Waals surface area contributed by atoms with Crippen LogP contribution in [0.4, 0.5) is 5.69 Å². The molecule has 1 aromatic heterocycles. The summed E-state index contributed by atoms with van der Waals surface area (Å²) in [7, 11) is 0. The molecule has 1 aromatic carbocycles. The molecule has 0 unspecified atom stereocenters. The van der Waals surface area contributed by atoms with Gasteiger partial charge in [0.2, 0.25) is 5.91 Å². The van der Waals surface area contributed by atoms with Crippen LogP contribution in [0.25, 0.3) is 5.69 Å². The molecule has 2 N–H and O–H groups in total. The van der Waals surface area contributed by atoms with Gasteiger partial charge in [-0.25, -0.2) is 9.67 Å². The second-order valence-corrected chi connectivity index (χ2v) is 4.90. The number of carbonyl (C=O) groups excluding carboxylic acids is 1. The molecule has 2 heterocycles. The van der Waals surface area contributed by atoms with Gasteiger partial charge in [-0.15, -0.1) is 0 Å². The normalized spacial score (nSPS) is 16.0. The summed E-state index contributed by atoms with van der Waals surface area (Å²) in [6.07, 6.45) is 4.95. The van der Waals surface area contributed by atoms with Crippen LogP contribution < -0.4 is 10.6 Å². The maximum atomic E-state index is 12.1. The topological polar surface area (TPSA) is 71.8 Å². The Balaban J connectivity index is 1.64. The van der Waals surface area contributed by atoms with Gasteiger partial charge in [0, 0.05) is 11.6 Å². The number of benzene rings is 1. The molecule has 2 aromatic rings. The Morgan fingerprint density at radius 2 is 2.00 bits per heavy atom. The third-order valence-electron chi connectivity index (χ3n) is 3.53. The highest BCUT2D eigenvalue weighted by Gasteiger charge is 2.20. The van der Waals surface area contributed by atoms with Gasteiger partial charge in [-0.2, -0.15) is 5.10 Å². The number of amides is 1. The van der Waals surface area contributed by atoms with E-state index >= 15 is 0 Å². The molecule has 0 radical (unpaired) electrons. The fourth-order valence-corrected chi connectivity index (χ4v) is 2.37. The van der Waals surface area contributed by atoms with E-state index in [1.807, 2.05) is 24.3 Å². The summed E-state index contributed by atoms with van der Waals surface area (Å²) in [6.45, 7) is 1.84. The van der Waals surface area contributed by atoms with Gasteiger partial charge >= 0.3 is 0 Å². The summed E-state index contributed by atoms with van der Waals surface area (Å²) in [6, 6.07) is 7.59. The molecule has 6 nitrogen and oxygen atoms in total. The van der Waals surface area contributed by atoms with Gasteiger partial charge in [-0.1, -0.05) is 0 Å². The van der Waals surface area contributed by atoms with Crippen molar-refractivity contribution in [2.24, 2.45) is 5.92 Å². The third-order valence-corrected chi connectivity index (χ3v) is 3.53. The molecule has 0 spiro atoms. The molecule has 0 atom stereocenters. The van der Waals surface area contributed by atoms with E-state index in [-0.39, 0.29) is 11.8 Å². The molecular weight excluding hydrogens is 254 g/mol. The van der Waals surface area contributed by atoms with Crippen molar-refractivity contribution in [2.45, 2.75) is 12.8 Å². The van der Waals surface area contributed by atoms with Gasteiger partial charge in [-0.05, 0) is 50.2 Å². The number of hydrogen-bond acceptors (Lipinski definition) is 4. The Morgan fingerprint density at radius 1 is 1.25 bits per heavy atom. The lowest BCUT2D eigenvalue weighted by atomic mass is 9.97. The van der Waals surface area contributed by atoms with Crippen molar-refractivity contribution in [1.82, 2.24) is 20.1 Å². The van der Waals surface area contributed by atoms with Crippen molar-refractivity contribution in [3.8, 4) is 5.69 Å². The lowest BCUT2D eigenvalue weighted by Crippen LogP contribution is -2.34. The lowest BCUT2D eigenvalue weighted by Gasteiger charge is -2.21. The monoisotopic (exact) mass is 271 g/mol. The molecule has 1 aliphatic rings. The first-order valence-corrected chi connectivity index (χ1v) is 6.79. The second kappa shape index (κ2) is 5.83. The number of carbonyl (C=O) groups is 1. The Kier molecular flexibility index (Phi) is 3.73. The number of anilines is 1. The van der Waals surface area contributed by atoms with Gasteiger partial charge in [0.25, 0.3) is 0 Å². The number of nitrogens with zero attached hydrogens (tertiary/aromatic N) is 3. The molecule has 104 valence electrons. The molecule has 1 saturated heterocycles. The smallest absolute Gasteiger partial charge is 0.227 e. The lowest BCUT2D eigenvalue weighted by molar-refractivity contribution is -0.120. The number of aromatic nitrogens is 3. The summed E-state index contributed by atoms with van der Waals surface area (Å²) in [5.74, 6) is 0.228. The highest BCUT2D eigenvalue weighted by Crippen LogP contribution is 2.17. The Labute approximate surface area is 117 Å². The summed E-state index contributed by atoms with van der Waals surface area (Å²) in [5, 5.41) is 10.3. The highest BCUT2D eigenvalue weighted by molar-refractivity contribution is 5.92. The van der Waals surface area contributed by atoms with Crippen LogP contribution in [0.2, 0.25) is 0 Å². The van der Waals surface area contributed by atoms with Crippen LogP contribution in [0.1, 0.15) is 12.8 Å². The van der Waals surface area contributed by atoms with Crippen LogP contribution in [-0.2, 0) is 4.79 Å². The molecule has 0 aliphatic carbocycles. The molecule has 1 fully saturated rings. The van der Waals surface area contributed by atoms with Crippen molar-refractivity contribution in [1.29, 1.82) is 0 Å². The van der Waals surface area contributed by atoms with Crippen LogP contribution in [0.3, 0.4) is 0 Å². The van der Waals surface area contributed by atoms with Crippen molar-refractivity contribution in [3.05, 3.63) is 36.9 Å². The fraction of sp³-hybridized carbons (Fsp3) is 0.357. The van der Waals surface area contributed by atoms with E-state index in [9.17, 15) is 4.79 Å². The van der Waals surface area contributed by atoms with E-state index in [0.29, 0.717) is 0 Å². The Bertz CT molecular complexity index is 558. The van der Waals surface area contributed by atoms with Crippen molar-refractivity contribution in [3.63, 3.8) is 0 Å². The first-order valence-electron chi connectivity index (χ1n) is 6.79. The molecule has 0 saturated carbocycles. The largest absolute Gasteiger partial charge is 0.326 e. The van der Waals surface area contributed by atoms with Crippen molar-refractivity contribution >= 4 is 11.6 Å². The minimum Gasteiger partial charge on any atom is -0.326 e. The SMILES string of the molecule is O=C(Nc1ccc(-n2cncn2)cc1)C1CCNCC1. The predicted octanol–water partition coefficient (Wildman–Crippen LogP) is 1.21. The number of hydrogen-bond donors (Lipinski definition) is 2. The number of nitrogens with one attached hydrogen (secondary N) is 2. The van der Waals surface area contributed by atoms with Gasteiger partial charge in [-0.3, -0.25) is 4.79 Å². The summed E-state index contributed by atoms with van der Waals surface area (Å²) in [4.78, 5) is 16.0. The average molecular weight is 271 g/mol. The van der Waals surface area contributed by atoms with Gasteiger partial charge in [0.05, 0.1) is 5.69 Å². The molecular formula is C14H17N5O. The van der Waals surface area contributed by atoms with E-state index in [4.69, 9.17) is 0 Å². The van der Waals surface area contributed by atoms with Crippen LogP contribution in [0.15, 0.2) is 36.9 Å². The zero-order valence-electron chi connectivity index (χ0n) is 11.1. The van der Waals surface area contributed by atoms with Crippen LogP contribution in [0, 0.1) is 5.92 Å². The van der Waals surface area contributed by atoms with Crippen molar-refractivity contribution < 1.29 is 4.79 Å². The van der Waals surface area contributed by atoms with E-state index < -0.39 is 0 Å². The second-order valence-electron chi connectivity index (χ2n) is 4.90. The van der Waals surface area contributed by atoms with Gasteiger partial charge in [0.1, 0.15) is 12.7 Å². The van der Waals surface area contributed by atoms with Crippen LogP contribution in [-0.4, -0.2) is 33.8 Å². The summed E-state index contributed by atoms with van der Waals surface area (Å²) < 4.78 is 1.68. The van der Waals surface area contributed by atoms with E-state index in [2.05, 4.69) is 20.7 Å². The first kappa shape index (κ1) is 12.8. The summed E-state index contributed by atoms with van der Waals surface area (Å²) in [5.41, 5.74) is 1.74. The van der Waals surface area contributed by atoms with Crippen LogP contribution >= 0.6 is 0 Å². The number of rotatable bonds is 3. The minimum atomic E-state index is 0.111. The quantitative estimate of drug-likeness (QED) is 0.880. The average Bonchev–Trinajstić information content (AvgIpc) is 3.03. The summed E-state index contributed by atoms with van der Waals surface area (Å²) >= 11 is 0. The molecule has 1 aliphatic heterocycles. The van der Waals surface area contributed by atoms with Crippen LogP contribution in [0.5, 0.6) is 0 Å². The maximum Gasteiger partial charge on any atom is 0.227 e. The molecule has 6 heteroatoms. The van der Waals surface area contributed by atoms with Crippen molar-refractivity contribution in [2.75, 3.05) is 18.4 Å². The Hall–Kier alpha value is -2.21. The van der Waals surface area contributed by atoms with E-state index in [1.54, 1.807) is 11.0 Å². The zero-order chi connectivity index (χ0) is 13.8. The minimum absolute atomic E-state index is 0.111. The maximum absolute atomic E-state index is 12.1. The Morgan fingerprint density at radius 3 is 2.65 bits per heavy atom. The third kappa shape index (κ3) is 2.85. The van der Waals surface area contributed by atoms with Gasteiger partial charge < -0.3 is 10.6 Å². The van der Waals surface area contributed by atoms with E-state index in [0.717, 1.165) is 37.3 Å². The molecule has 0 bridgehead atoms. The van der Waals surface area contributed by atoms with E-state index in [1.165, 1.54) is 6.33 Å². The standard InChI is InChI=1S/C14H17N5O/c20-14(11-5-7-15-8-6-11)18-12-1-3-13(4-2-12)19-10-16-9-17-19/h1-4,9-11,15H,5-8H2,(H,18,20). The highest BCUT2D eigenvalue weighted by atomic mass is 16.1. The van der Waals surface area contributed by atoms with Gasteiger partial charge in [0.15, 0.2) is 0 Å². The number of piperidine rings is 1. The predicted molar refractivity (Wildman–Crippen MR) is 75.6 cm³/mol.